The molecule has 0 heterocycles. The minimum absolute atomic E-state index is 0.138. The molecule has 38 heavy (non-hydrogen) atoms. The number of hydrogen-bond acceptors (Lipinski definition) is 5. The van der Waals surface area contributed by atoms with Gasteiger partial charge in [-0.05, 0) is 41.5 Å². The quantitative estimate of drug-likeness (QED) is 0.272. The van der Waals surface area contributed by atoms with E-state index in [-0.39, 0.29) is 12.5 Å². The summed E-state index contributed by atoms with van der Waals surface area (Å²) in [6.45, 7) is 0.774. The van der Waals surface area contributed by atoms with E-state index >= 15 is 0 Å². The van der Waals surface area contributed by atoms with Gasteiger partial charge in [0.15, 0.2) is 0 Å². The zero-order chi connectivity index (χ0) is 27.0. The molecular weight excluding hydrogens is 500 g/mol. The van der Waals surface area contributed by atoms with Crippen molar-refractivity contribution in [1.82, 2.24) is 5.32 Å². The number of benzene rings is 4. The third-order valence-corrected chi connectivity index (χ3v) is 7.02. The summed E-state index contributed by atoms with van der Waals surface area (Å²) in [6, 6.07) is 31.3. The highest BCUT2D eigenvalue weighted by Crippen LogP contribution is 2.33. The molecule has 0 saturated heterocycles. The Bertz CT molecular complexity index is 1470. The van der Waals surface area contributed by atoms with E-state index in [1.54, 1.807) is 43.5 Å². The summed E-state index contributed by atoms with van der Waals surface area (Å²) >= 11 is 0. The number of hydrogen-bond donors (Lipinski definition) is 1. The summed E-state index contributed by atoms with van der Waals surface area (Å²) in [4.78, 5) is 12.6. The Balaban J connectivity index is 1.41. The molecule has 0 aromatic heterocycles. The van der Waals surface area contributed by atoms with Crippen LogP contribution in [0.5, 0.6) is 11.5 Å². The highest BCUT2D eigenvalue weighted by atomic mass is 32.2. The fourth-order valence-electron chi connectivity index (χ4n) is 3.99. The van der Waals surface area contributed by atoms with Gasteiger partial charge in [0.05, 0.1) is 32.1 Å². The first-order valence-electron chi connectivity index (χ1n) is 12.1. The summed E-state index contributed by atoms with van der Waals surface area (Å²) in [5, 5.41) is 2.83. The topological polar surface area (TPSA) is 84.9 Å². The lowest BCUT2D eigenvalue weighted by molar-refractivity contribution is 0.0947. The molecule has 0 saturated carbocycles. The van der Waals surface area contributed by atoms with Crippen LogP contribution in [0, 0.1) is 0 Å². The van der Waals surface area contributed by atoms with E-state index in [0.29, 0.717) is 35.9 Å². The molecule has 8 heteroatoms. The molecule has 0 radical (unpaired) electrons. The Morgan fingerprint density at radius 2 is 1.53 bits per heavy atom. The molecule has 0 fully saturated rings. The number of nitrogens with one attached hydrogen (secondary N) is 1. The lowest BCUT2D eigenvalue weighted by atomic mass is 10.0. The molecule has 4 aromatic rings. The Morgan fingerprint density at radius 3 is 2.24 bits per heavy atom. The van der Waals surface area contributed by atoms with E-state index in [2.05, 4.69) is 5.32 Å². The van der Waals surface area contributed by atoms with Crippen molar-refractivity contribution in [1.29, 1.82) is 0 Å². The van der Waals surface area contributed by atoms with Gasteiger partial charge in [0.2, 0.25) is 10.0 Å². The van der Waals surface area contributed by atoms with Crippen molar-refractivity contribution in [3.8, 4) is 22.6 Å². The second-order valence-corrected chi connectivity index (χ2v) is 10.5. The number of carbonyl (C=O) groups is 1. The van der Waals surface area contributed by atoms with Gasteiger partial charge in [-0.2, -0.15) is 0 Å². The highest BCUT2D eigenvalue weighted by molar-refractivity contribution is 7.92. The van der Waals surface area contributed by atoms with Crippen molar-refractivity contribution in [2.45, 2.75) is 6.54 Å². The van der Waals surface area contributed by atoms with E-state index < -0.39 is 10.0 Å². The van der Waals surface area contributed by atoms with E-state index in [9.17, 15) is 13.2 Å². The highest BCUT2D eigenvalue weighted by Gasteiger charge is 2.21. The SMILES string of the molecule is COc1cccc(OCCNC(=O)c2ccc(CN(c3ccccc3-c3ccccc3)S(C)(=O)=O)cc2)c1. The van der Waals surface area contributed by atoms with Crippen LogP contribution in [0.15, 0.2) is 103 Å². The monoisotopic (exact) mass is 530 g/mol. The number of amides is 1. The second-order valence-electron chi connectivity index (χ2n) is 8.63. The molecule has 0 bridgehead atoms. The van der Waals surface area contributed by atoms with Crippen LogP contribution in [0.2, 0.25) is 0 Å². The number of ether oxygens (including phenoxy) is 2. The van der Waals surface area contributed by atoms with Crippen LogP contribution in [-0.4, -0.2) is 40.8 Å². The molecule has 0 aliphatic carbocycles. The first kappa shape index (κ1) is 26.8. The van der Waals surface area contributed by atoms with Gasteiger partial charge in [-0.25, -0.2) is 8.42 Å². The van der Waals surface area contributed by atoms with Crippen LogP contribution in [0.3, 0.4) is 0 Å². The molecular formula is C30H30N2O5S. The van der Waals surface area contributed by atoms with Gasteiger partial charge in [-0.1, -0.05) is 66.7 Å². The normalized spacial score (nSPS) is 11.0. The molecule has 1 amide bonds. The Kier molecular flexibility index (Phi) is 8.66. The minimum Gasteiger partial charge on any atom is -0.497 e. The van der Waals surface area contributed by atoms with Crippen molar-refractivity contribution in [2.24, 2.45) is 0 Å². The number of anilines is 1. The average Bonchev–Trinajstić information content (AvgIpc) is 2.94. The van der Waals surface area contributed by atoms with Crippen LogP contribution in [0.25, 0.3) is 11.1 Å². The molecule has 4 aromatic carbocycles. The van der Waals surface area contributed by atoms with Gasteiger partial charge >= 0.3 is 0 Å². The van der Waals surface area contributed by atoms with E-state index in [1.165, 1.54) is 10.6 Å². The smallest absolute Gasteiger partial charge is 0.251 e. The number of rotatable bonds is 11. The van der Waals surface area contributed by atoms with Gasteiger partial charge < -0.3 is 14.8 Å². The Labute approximate surface area is 223 Å². The number of methoxy groups -OCH3 is 1. The van der Waals surface area contributed by atoms with Crippen LogP contribution < -0.4 is 19.1 Å². The third-order valence-electron chi connectivity index (χ3n) is 5.90. The predicted molar refractivity (Wildman–Crippen MR) is 150 cm³/mol. The number of para-hydroxylation sites is 1. The molecule has 4 rings (SSSR count). The maximum absolute atomic E-state index is 12.8. The fourth-order valence-corrected chi connectivity index (χ4v) is 4.89. The van der Waals surface area contributed by atoms with Crippen LogP contribution >= 0.6 is 0 Å². The number of nitrogens with zero attached hydrogens (tertiary/aromatic N) is 1. The predicted octanol–water partition coefficient (Wildman–Crippen LogP) is 5.14. The van der Waals surface area contributed by atoms with Gasteiger partial charge in [-0.15, -0.1) is 0 Å². The largest absolute Gasteiger partial charge is 0.497 e. The van der Waals surface area contributed by atoms with E-state index in [1.807, 2.05) is 66.7 Å². The van der Waals surface area contributed by atoms with Crippen molar-refractivity contribution in [2.75, 3.05) is 30.8 Å². The maximum Gasteiger partial charge on any atom is 0.251 e. The molecule has 1 N–H and O–H groups in total. The summed E-state index contributed by atoms with van der Waals surface area (Å²) in [5.74, 6) is 1.12. The van der Waals surface area contributed by atoms with Crippen LogP contribution in [0.4, 0.5) is 5.69 Å². The first-order valence-corrected chi connectivity index (χ1v) is 14.0. The number of carbonyl (C=O) groups excluding carboxylic acids is 1. The van der Waals surface area contributed by atoms with Crippen LogP contribution in [-0.2, 0) is 16.6 Å². The maximum atomic E-state index is 12.8. The molecule has 196 valence electrons. The average molecular weight is 531 g/mol. The van der Waals surface area contributed by atoms with Gasteiger partial charge in [0.25, 0.3) is 5.91 Å². The van der Waals surface area contributed by atoms with Crippen molar-refractivity contribution < 1.29 is 22.7 Å². The summed E-state index contributed by atoms with van der Waals surface area (Å²) in [5.41, 5.74) is 3.59. The zero-order valence-electron chi connectivity index (χ0n) is 21.3. The van der Waals surface area contributed by atoms with Gasteiger partial charge in [0, 0.05) is 17.2 Å². The fraction of sp³-hybridized carbons (Fsp3) is 0.167. The Hall–Kier alpha value is -4.30. The standard InChI is InChI=1S/C30H30N2O5S/c1-36-26-11-8-12-27(21-26)37-20-19-31-30(33)25-17-15-23(16-18-25)22-32(38(2,34)35)29-14-7-6-13-28(29)24-9-4-3-5-10-24/h3-18,21H,19-20,22H2,1-2H3,(H,31,33). The molecule has 0 aliphatic rings. The van der Waals surface area contributed by atoms with Gasteiger partial charge in [0.1, 0.15) is 18.1 Å². The second kappa shape index (κ2) is 12.3. The summed E-state index contributed by atoms with van der Waals surface area (Å²) in [7, 11) is -1.99. The van der Waals surface area contributed by atoms with E-state index in [4.69, 9.17) is 9.47 Å². The minimum atomic E-state index is -3.58. The lowest BCUT2D eigenvalue weighted by Crippen LogP contribution is -2.30. The van der Waals surface area contributed by atoms with Crippen molar-refractivity contribution in [3.05, 3.63) is 114 Å². The number of sulfonamides is 1. The molecule has 7 nitrogen and oxygen atoms in total. The molecule has 0 unspecified atom stereocenters. The molecule has 0 aliphatic heterocycles. The van der Waals surface area contributed by atoms with Crippen molar-refractivity contribution >= 4 is 21.6 Å². The molecule has 0 spiro atoms. The summed E-state index contributed by atoms with van der Waals surface area (Å²) in [6.07, 6.45) is 1.20. The van der Waals surface area contributed by atoms with E-state index in [0.717, 1.165) is 16.7 Å². The zero-order valence-corrected chi connectivity index (χ0v) is 22.1. The first-order chi connectivity index (χ1) is 18.3. The van der Waals surface area contributed by atoms with Crippen LogP contribution in [0.1, 0.15) is 15.9 Å². The lowest BCUT2D eigenvalue weighted by Gasteiger charge is -2.25. The Morgan fingerprint density at radius 1 is 0.842 bits per heavy atom. The third kappa shape index (κ3) is 6.92. The molecule has 0 atom stereocenters. The van der Waals surface area contributed by atoms with Crippen molar-refractivity contribution in [3.63, 3.8) is 0 Å². The van der Waals surface area contributed by atoms with Gasteiger partial charge in [-0.3, -0.25) is 9.10 Å². The summed E-state index contributed by atoms with van der Waals surface area (Å²) < 4.78 is 37.9.